The zero-order chi connectivity index (χ0) is 22.9. The molecule has 0 atom stereocenters. The summed E-state index contributed by atoms with van der Waals surface area (Å²) in [4.78, 5) is 26.2. The van der Waals surface area contributed by atoms with Crippen LogP contribution in [0, 0.1) is 0 Å². The van der Waals surface area contributed by atoms with Crippen LogP contribution in [-0.2, 0) is 26.1 Å². The van der Waals surface area contributed by atoms with Crippen molar-refractivity contribution in [2.45, 2.75) is 18.6 Å². The highest BCUT2D eigenvalue weighted by Gasteiger charge is 2.33. The fraction of sp³-hybridized carbons (Fsp3) is 0.333. The lowest BCUT2D eigenvalue weighted by Crippen LogP contribution is -2.51. The number of aromatic nitrogens is 1. The van der Waals surface area contributed by atoms with E-state index >= 15 is 0 Å². The van der Waals surface area contributed by atoms with Gasteiger partial charge < -0.3 is 18.6 Å². The maximum Gasteiger partial charge on any atom is 0.374 e. The number of carbonyl (C=O) groups is 2. The third kappa shape index (κ3) is 4.38. The number of esters is 1. The van der Waals surface area contributed by atoms with Gasteiger partial charge in [0.2, 0.25) is 16.8 Å². The predicted octanol–water partition coefficient (Wildman–Crippen LogP) is 2.60. The molecule has 32 heavy (non-hydrogen) atoms. The Morgan fingerprint density at radius 1 is 1.09 bits per heavy atom. The van der Waals surface area contributed by atoms with E-state index in [4.69, 9.17) is 20.8 Å². The van der Waals surface area contributed by atoms with Gasteiger partial charge in [0.25, 0.3) is 10.0 Å². The first-order chi connectivity index (χ1) is 15.3. The Balaban J connectivity index is 1.39. The van der Waals surface area contributed by atoms with E-state index < -0.39 is 16.0 Å². The minimum absolute atomic E-state index is 0.109. The van der Waals surface area contributed by atoms with Crippen LogP contribution >= 0.6 is 11.6 Å². The molecule has 0 radical (unpaired) electrons. The van der Waals surface area contributed by atoms with Gasteiger partial charge in [-0.2, -0.15) is 4.31 Å². The number of rotatable bonds is 6. The third-order valence-electron chi connectivity index (χ3n) is 5.29. The molecule has 0 unspecified atom stereocenters. The smallest absolute Gasteiger partial charge is 0.374 e. The van der Waals surface area contributed by atoms with E-state index in [1.54, 1.807) is 17.9 Å². The molecule has 1 aromatic carbocycles. The van der Waals surface area contributed by atoms with Gasteiger partial charge in [-0.15, -0.1) is 0 Å². The molecular weight excluding hydrogens is 458 g/mol. The number of nitrogens with zero attached hydrogens (tertiary/aromatic N) is 3. The molecule has 1 aliphatic rings. The van der Waals surface area contributed by atoms with Crippen molar-refractivity contribution in [1.82, 2.24) is 13.8 Å². The summed E-state index contributed by atoms with van der Waals surface area (Å²) < 4.78 is 38.8. The summed E-state index contributed by atoms with van der Waals surface area (Å²) in [5, 5.41) is 1.25. The van der Waals surface area contributed by atoms with Crippen molar-refractivity contribution < 1.29 is 27.2 Å². The zero-order valence-corrected chi connectivity index (χ0v) is 18.9. The highest BCUT2D eigenvalue weighted by atomic mass is 35.5. The van der Waals surface area contributed by atoms with Crippen LogP contribution in [0.2, 0.25) is 5.02 Å². The van der Waals surface area contributed by atoms with Gasteiger partial charge in [-0.05, 0) is 42.6 Å². The lowest BCUT2D eigenvalue weighted by molar-refractivity contribution is -0.132. The van der Waals surface area contributed by atoms with Crippen molar-refractivity contribution in [1.29, 1.82) is 0 Å². The topological polar surface area (TPSA) is 102 Å². The van der Waals surface area contributed by atoms with Gasteiger partial charge in [0.15, 0.2) is 0 Å². The monoisotopic (exact) mass is 479 g/mol. The van der Waals surface area contributed by atoms with Crippen LogP contribution in [-0.4, -0.2) is 66.9 Å². The Bertz CT molecular complexity index is 1260. The van der Waals surface area contributed by atoms with Crippen molar-refractivity contribution in [3.63, 3.8) is 0 Å². The molecule has 0 bridgehead atoms. The number of sulfonamides is 1. The summed E-state index contributed by atoms with van der Waals surface area (Å²) in [6, 6.07) is 9.92. The number of fused-ring (bicyclic) bond motifs is 1. The van der Waals surface area contributed by atoms with E-state index in [1.807, 2.05) is 29.0 Å². The second-order valence-corrected chi connectivity index (χ2v) is 9.58. The van der Waals surface area contributed by atoms with Crippen molar-refractivity contribution in [3.05, 3.63) is 53.4 Å². The molecule has 3 aromatic rings. The molecule has 0 saturated carbocycles. The normalized spacial score (nSPS) is 15.2. The third-order valence-corrected chi connectivity index (χ3v) is 7.29. The number of hydrogen-bond acceptors (Lipinski definition) is 6. The van der Waals surface area contributed by atoms with Gasteiger partial charge in [-0.25, -0.2) is 13.2 Å². The van der Waals surface area contributed by atoms with Crippen molar-refractivity contribution in [3.8, 4) is 0 Å². The minimum Gasteiger partial charge on any atom is -0.460 e. The lowest BCUT2D eigenvalue weighted by atomic mass is 10.2. The highest BCUT2D eigenvalue weighted by molar-refractivity contribution is 7.89. The van der Waals surface area contributed by atoms with Crippen LogP contribution in [0.15, 0.2) is 52.1 Å². The van der Waals surface area contributed by atoms with Gasteiger partial charge >= 0.3 is 5.97 Å². The summed E-state index contributed by atoms with van der Waals surface area (Å²) in [6.07, 6.45) is 1.83. The zero-order valence-electron chi connectivity index (χ0n) is 17.4. The molecular formula is C21H22ClN3O6S. The lowest BCUT2D eigenvalue weighted by Gasteiger charge is -2.33. The number of piperazine rings is 1. The van der Waals surface area contributed by atoms with E-state index in [2.05, 4.69) is 0 Å². The van der Waals surface area contributed by atoms with Crippen LogP contribution in [0.1, 0.15) is 17.5 Å². The molecule has 4 rings (SSSR count). The SMILES string of the molecule is CCOC(=O)c1ccc(S(=O)(=O)N2CCN(C(=O)Cn3ccc4ccc(Cl)cc43)CC2)o1. The Labute approximate surface area is 190 Å². The second kappa shape index (κ2) is 8.97. The van der Waals surface area contributed by atoms with Crippen LogP contribution in [0.3, 0.4) is 0 Å². The number of ether oxygens (including phenoxy) is 1. The van der Waals surface area contributed by atoms with Crippen LogP contribution in [0.4, 0.5) is 0 Å². The molecule has 0 spiro atoms. The molecule has 1 aliphatic heterocycles. The van der Waals surface area contributed by atoms with E-state index in [9.17, 15) is 18.0 Å². The van der Waals surface area contributed by atoms with Crippen molar-refractivity contribution >= 4 is 44.4 Å². The molecule has 1 fully saturated rings. The van der Waals surface area contributed by atoms with Gasteiger partial charge in [0, 0.05) is 42.9 Å². The fourth-order valence-corrected chi connectivity index (χ4v) is 5.12. The first-order valence-corrected chi connectivity index (χ1v) is 11.9. The number of amides is 1. The first-order valence-electron chi connectivity index (χ1n) is 10.1. The van der Waals surface area contributed by atoms with Gasteiger partial charge in [-0.3, -0.25) is 4.79 Å². The number of hydrogen-bond donors (Lipinski definition) is 0. The van der Waals surface area contributed by atoms with E-state index in [-0.39, 0.29) is 56.1 Å². The minimum atomic E-state index is -3.92. The van der Waals surface area contributed by atoms with Gasteiger partial charge in [0.1, 0.15) is 6.54 Å². The summed E-state index contributed by atoms with van der Waals surface area (Å²) in [5.74, 6) is -0.997. The van der Waals surface area contributed by atoms with Crippen LogP contribution < -0.4 is 0 Å². The van der Waals surface area contributed by atoms with Gasteiger partial charge in [-0.1, -0.05) is 17.7 Å². The molecule has 2 aromatic heterocycles. The Morgan fingerprint density at radius 2 is 1.84 bits per heavy atom. The van der Waals surface area contributed by atoms with E-state index in [1.165, 1.54) is 16.4 Å². The van der Waals surface area contributed by atoms with Crippen LogP contribution in [0.25, 0.3) is 10.9 Å². The van der Waals surface area contributed by atoms with Crippen molar-refractivity contribution in [2.24, 2.45) is 0 Å². The predicted molar refractivity (Wildman–Crippen MR) is 117 cm³/mol. The summed E-state index contributed by atoms with van der Waals surface area (Å²) >= 11 is 6.07. The van der Waals surface area contributed by atoms with Crippen molar-refractivity contribution in [2.75, 3.05) is 32.8 Å². The molecule has 9 nitrogen and oxygen atoms in total. The number of benzene rings is 1. The average Bonchev–Trinajstić information content (AvgIpc) is 3.42. The largest absolute Gasteiger partial charge is 0.460 e. The quantitative estimate of drug-likeness (QED) is 0.503. The fourth-order valence-electron chi connectivity index (χ4n) is 3.62. The summed E-state index contributed by atoms with van der Waals surface area (Å²) in [7, 11) is -3.92. The maximum absolute atomic E-state index is 12.9. The van der Waals surface area contributed by atoms with Gasteiger partial charge in [0.05, 0.1) is 6.61 Å². The molecule has 1 saturated heterocycles. The second-order valence-electron chi connectivity index (χ2n) is 7.27. The summed E-state index contributed by atoms with van der Waals surface area (Å²) in [6.45, 7) is 2.70. The molecule has 0 aliphatic carbocycles. The Morgan fingerprint density at radius 3 is 2.56 bits per heavy atom. The van der Waals surface area contributed by atoms with E-state index in [0.29, 0.717) is 5.02 Å². The van der Waals surface area contributed by atoms with E-state index in [0.717, 1.165) is 10.9 Å². The average molecular weight is 480 g/mol. The molecule has 3 heterocycles. The molecule has 0 N–H and O–H groups in total. The Hall–Kier alpha value is -2.82. The standard InChI is InChI=1S/C21H22ClN3O6S/c1-2-30-21(27)18-5-6-20(31-18)32(28,29)25-11-9-23(10-12-25)19(26)14-24-8-7-15-3-4-16(22)13-17(15)24/h3-8,13H,2,9-12,14H2,1H3. The number of carbonyl (C=O) groups excluding carboxylic acids is 2. The molecule has 170 valence electrons. The summed E-state index contributed by atoms with van der Waals surface area (Å²) in [5.41, 5.74) is 0.863. The molecule has 1 amide bonds. The highest BCUT2D eigenvalue weighted by Crippen LogP contribution is 2.22. The molecule has 11 heteroatoms. The Kier molecular flexibility index (Phi) is 6.27. The number of furan rings is 1. The first kappa shape index (κ1) is 22.4. The number of halogens is 1. The van der Waals surface area contributed by atoms with Crippen LogP contribution in [0.5, 0.6) is 0 Å². The maximum atomic E-state index is 12.9.